The fourth-order valence-corrected chi connectivity index (χ4v) is 3.93. The Bertz CT molecular complexity index is 1140. The molecule has 1 aliphatic heterocycles. The van der Waals surface area contributed by atoms with Gasteiger partial charge in [0, 0.05) is 16.8 Å². The SMILES string of the molecule is C[C@@H]1Cc2ccccc2N1c1ncnc2c1nnn2Cc1ccccc1Cl. The molecule has 3 heterocycles. The molecule has 6 nitrogen and oxygen atoms in total. The van der Waals surface area contributed by atoms with Crippen molar-refractivity contribution in [2.45, 2.75) is 25.9 Å². The molecule has 0 spiro atoms. The molecule has 27 heavy (non-hydrogen) atoms. The van der Waals surface area contributed by atoms with E-state index in [1.165, 1.54) is 11.3 Å². The normalized spacial score (nSPS) is 16.1. The Labute approximate surface area is 161 Å². The summed E-state index contributed by atoms with van der Waals surface area (Å²) in [6, 6.07) is 16.5. The predicted octanol–water partition coefficient (Wildman–Crippen LogP) is 4.01. The molecular formula is C20H17ClN6. The number of hydrogen-bond donors (Lipinski definition) is 0. The molecule has 2 aromatic carbocycles. The lowest BCUT2D eigenvalue weighted by Crippen LogP contribution is -2.25. The average molecular weight is 377 g/mol. The second kappa shape index (κ2) is 6.32. The van der Waals surface area contributed by atoms with Crippen molar-refractivity contribution in [1.82, 2.24) is 25.0 Å². The molecule has 7 heteroatoms. The van der Waals surface area contributed by atoms with Crippen LogP contribution in [0.4, 0.5) is 11.5 Å². The molecular weight excluding hydrogens is 360 g/mol. The maximum atomic E-state index is 6.30. The fourth-order valence-electron chi connectivity index (χ4n) is 3.74. The zero-order chi connectivity index (χ0) is 18.4. The molecule has 134 valence electrons. The van der Waals surface area contributed by atoms with E-state index in [1.807, 2.05) is 24.3 Å². The van der Waals surface area contributed by atoms with E-state index in [9.17, 15) is 0 Å². The number of aromatic nitrogens is 5. The highest BCUT2D eigenvalue weighted by atomic mass is 35.5. The highest BCUT2D eigenvalue weighted by Crippen LogP contribution is 2.39. The summed E-state index contributed by atoms with van der Waals surface area (Å²) in [7, 11) is 0. The summed E-state index contributed by atoms with van der Waals surface area (Å²) in [6.45, 7) is 2.71. The molecule has 0 radical (unpaired) electrons. The minimum atomic E-state index is 0.300. The molecule has 1 atom stereocenters. The van der Waals surface area contributed by atoms with Crippen LogP contribution in [0.3, 0.4) is 0 Å². The second-order valence-electron chi connectivity index (χ2n) is 6.76. The summed E-state index contributed by atoms with van der Waals surface area (Å²) in [5.41, 5.74) is 4.88. The van der Waals surface area contributed by atoms with E-state index in [-0.39, 0.29) is 0 Å². The Hall–Kier alpha value is -2.99. The minimum Gasteiger partial charge on any atom is -0.321 e. The first kappa shape index (κ1) is 16.2. The number of anilines is 2. The number of benzene rings is 2. The van der Waals surface area contributed by atoms with E-state index >= 15 is 0 Å². The first-order valence-electron chi connectivity index (χ1n) is 8.87. The maximum absolute atomic E-state index is 6.30. The van der Waals surface area contributed by atoms with Gasteiger partial charge in [-0.15, -0.1) is 5.10 Å². The van der Waals surface area contributed by atoms with Crippen molar-refractivity contribution in [2.24, 2.45) is 0 Å². The Morgan fingerprint density at radius 2 is 1.89 bits per heavy atom. The third-order valence-corrected chi connectivity index (χ3v) is 5.36. The molecule has 0 aliphatic carbocycles. The molecule has 0 saturated carbocycles. The van der Waals surface area contributed by atoms with Crippen molar-refractivity contribution in [3.63, 3.8) is 0 Å². The van der Waals surface area contributed by atoms with Gasteiger partial charge in [-0.25, -0.2) is 14.6 Å². The van der Waals surface area contributed by atoms with Crippen LogP contribution in [0.25, 0.3) is 11.2 Å². The molecule has 0 bridgehead atoms. The number of fused-ring (bicyclic) bond motifs is 2. The molecule has 0 amide bonds. The monoisotopic (exact) mass is 376 g/mol. The predicted molar refractivity (Wildman–Crippen MR) is 105 cm³/mol. The minimum absolute atomic E-state index is 0.300. The van der Waals surface area contributed by atoms with Gasteiger partial charge in [-0.1, -0.05) is 53.2 Å². The summed E-state index contributed by atoms with van der Waals surface area (Å²) in [4.78, 5) is 11.2. The van der Waals surface area contributed by atoms with Crippen LogP contribution in [0.2, 0.25) is 5.02 Å². The maximum Gasteiger partial charge on any atom is 0.184 e. The second-order valence-corrected chi connectivity index (χ2v) is 7.17. The van der Waals surface area contributed by atoms with E-state index in [2.05, 4.69) is 56.4 Å². The Morgan fingerprint density at radius 1 is 1.07 bits per heavy atom. The Balaban J connectivity index is 1.60. The van der Waals surface area contributed by atoms with Gasteiger partial charge >= 0.3 is 0 Å². The van der Waals surface area contributed by atoms with Crippen molar-refractivity contribution >= 4 is 34.3 Å². The molecule has 4 aromatic rings. The summed E-state index contributed by atoms with van der Waals surface area (Å²) < 4.78 is 1.77. The summed E-state index contributed by atoms with van der Waals surface area (Å²) in [6.07, 6.45) is 2.56. The van der Waals surface area contributed by atoms with Crippen LogP contribution < -0.4 is 4.90 Å². The smallest absolute Gasteiger partial charge is 0.184 e. The van der Waals surface area contributed by atoms with Gasteiger partial charge in [0.1, 0.15) is 6.33 Å². The van der Waals surface area contributed by atoms with Gasteiger partial charge in [-0.2, -0.15) is 0 Å². The average Bonchev–Trinajstić information content (AvgIpc) is 3.24. The summed E-state index contributed by atoms with van der Waals surface area (Å²) >= 11 is 6.30. The highest BCUT2D eigenvalue weighted by molar-refractivity contribution is 6.31. The van der Waals surface area contributed by atoms with E-state index in [0.717, 1.165) is 17.8 Å². The third kappa shape index (κ3) is 2.64. The zero-order valence-electron chi connectivity index (χ0n) is 14.7. The summed E-state index contributed by atoms with van der Waals surface area (Å²) in [5, 5.41) is 9.43. The number of rotatable bonds is 3. The van der Waals surface area contributed by atoms with Gasteiger partial charge in [-0.3, -0.25) is 0 Å². The lowest BCUT2D eigenvalue weighted by molar-refractivity contribution is 0.664. The van der Waals surface area contributed by atoms with Crippen LogP contribution >= 0.6 is 11.6 Å². The van der Waals surface area contributed by atoms with E-state index in [0.29, 0.717) is 28.8 Å². The molecule has 0 N–H and O–H groups in total. The Morgan fingerprint density at radius 3 is 2.78 bits per heavy atom. The molecule has 0 saturated heterocycles. The van der Waals surface area contributed by atoms with Gasteiger partial charge < -0.3 is 4.90 Å². The first-order valence-corrected chi connectivity index (χ1v) is 9.25. The molecule has 2 aromatic heterocycles. The van der Waals surface area contributed by atoms with Crippen molar-refractivity contribution in [1.29, 1.82) is 0 Å². The zero-order valence-corrected chi connectivity index (χ0v) is 15.5. The fraction of sp³-hybridized carbons (Fsp3) is 0.200. The van der Waals surface area contributed by atoms with E-state index in [4.69, 9.17) is 11.6 Å². The topological polar surface area (TPSA) is 59.7 Å². The van der Waals surface area contributed by atoms with Crippen molar-refractivity contribution in [2.75, 3.05) is 4.90 Å². The highest BCUT2D eigenvalue weighted by Gasteiger charge is 2.30. The van der Waals surface area contributed by atoms with Gasteiger partial charge in [0.25, 0.3) is 0 Å². The molecule has 0 unspecified atom stereocenters. The van der Waals surface area contributed by atoms with Crippen LogP contribution in [-0.2, 0) is 13.0 Å². The van der Waals surface area contributed by atoms with Crippen molar-refractivity contribution < 1.29 is 0 Å². The standard InChI is InChI=1S/C20H17ClN6/c1-13-10-14-6-3-5-9-17(14)27(13)20-18-19(22-12-23-20)26(25-24-18)11-15-7-2-4-8-16(15)21/h2-9,12-13H,10-11H2,1H3/t13-/m1/s1. The van der Waals surface area contributed by atoms with E-state index in [1.54, 1.807) is 11.0 Å². The van der Waals surface area contributed by atoms with Gasteiger partial charge in [0.05, 0.1) is 6.54 Å². The third-order valence-electron chi connectivity index (χ3n) is 4.99. The largest absolute Gasteiger partial charge is 0.321 e. The quantitative estimate of drug-likeness (QED) is 0.540. The van der Waals surface area contributed by atoms with Crippen LogP contribution in [0, 0.1) is 0 Å². The Kier molecular flexibility index (Phi) is 3.79. The van der Waals surface area contributed by atoms with Crippen LogP contribution in [-0.4, -0.2) is 31.0 Å². The molecule has 1 aliphatic rings. The number of hydrogen-bond acceptors (Lipinski definition) is 5. The van der Waals surface area contributed by atoms with Crippen LogP contribution in [0.1, 0.15) is 18.1 Å². The van der Waals surface area contributed by atoms with Crippen molar-refractivity contribution in [3.8, 4) is 0 Å². The first-order chi connectivity index (χ1) is 13.2. The van der Waals surface area contributed by atoms with Crippen molar-refractivity contribution in [3.05, 3.63) is 71.0 Å². The van der Waals surface area contributed by atoms with E-state index < -0.39 is 0 Å². The number of nitrogens with zero attached hydrogens (tertiary/aromatic N) is 6. The van der Waals surface area contributed by atoms with Crippen LogP contribution in [0.15, 0.2) is 54.9 Å². The van der Waals surface area contributed by atoms with Gasteiger partial charge in [-0.05, 0) is 36.6 Å². The summed E-state index contributed by atoms with van der Waals surface area (Å²) in [5.74, 6) is 0.794. The molecule has 0 fully saturated rings. The van der Waals surface area contributed by atoms with Crippen LogP contribution in [0.5, 0.6) is 0 Å². The lowest BCUT2D eigenvalue weighted by atomic mass is 10.1. The lowest BCUT2D eigenvalue weighted by Gasteiger charge is -2.23. The van der Waals surface area contributed by atoms with Gasteiger partial charge in [0.2, 0.25) is 0 Å². The number of para-hydroxylation sites is 1. The van der Waals surface area contributed by atoms with Gasteiger partial charge in [0.15, 0.2) is 17.0 Å². The molecule has 5 rings (SSSR count). The number of halogens is 1.